The summed E-state index contributed by atoms with van der Waals surface area (Å²) in [4.78, 5) is 25.9. The normalized spacial score (nSPS) is 27.6. The second kappa shape index (κ2) is 13.2. The summed E-state index contributed by atoms with van der Waals surface area (Å²) in [6.07, 6.45) is 8.33. The zero-order chi connectivity index (χ0) is 26.3. The molecule has 37 heavy (non-hydrogen) atoms. The Morgan fingerprint density at radius 3 is 2.73 bits per heavy atom. The van der Waals surface area contributed by atoms with E-state index in [0.717, 1.165) is 44.3 Å². The Bertz CT molecular complexity index is 904. The second-order valence-electron chi connectivity index (χ2n) is 11.0. The highest BCUT2D eigenvalue weighted by Gasteiger charge is 2.53. The van der Waals surface area contributed by atoms with E-state index >= 15 is 0 Å². The monoisotopic (exact) mass is 535 g/mol. The van der Waals surface area contributed by atoms with E-state index in [1.165, 1.54) is 39.2 Å². The topological polar surface area (TPSA) is 100 Å². The number of carbonyl (C=O) groups excluding carboxylic acids is 1. The van der Waals surface area contributed by atoms with Crippen molar-refractivity contribution >= 4 is 23.8 Å². The molecule has 4 atom stereocenters. The molecule has 1 saturated carbocycles. The van der Waals surface area contributed by atoms with Crippen molar-refractivity contribution in [3.8, 4) is 0 Å². The first kappa shape index (κ1) is 28.0. The zero-order valence-electron chi connectivity index (χ0n) is 21.9. The van der Waals surface area contributed by atoms with Crippen molar-refractivity contribution in [3.05, 3.63) is 34.9 Å². The molecule has 1 aromatic carbocycles. The van der Waals surface area contributed by atoms with Gasteiger partial charge in [0.05, 0.1) is 19.8 Å². The lowest BCUT2D eigenvalue weighted by molar-refractivity contribution is -0.0775. The standard InChI is InChI=1S/C28H42ClN3O5/c1-36-26(33)31-14-16-37-24(21-9-5-10-22(29)17-21)23-11-6-15-32(27(34)35)25(23)28(12-13-30-19-28)18-20-7-3-2-4-8-20/h5,9-10,17,20,23-25,30H,2-4,6-8,11-16,18-19H2,1H3,(H,31,33)(H,34,35)/t23?,24-,25?,28-/m0/s1. The zero-order valence-corrected chi connectivity index (χ0v) is 22.7. The summed E-state index contributed by atoms with van der Waals surface area (Å²) in [5.41, 5.74) is 0.822. The molecule has 2 heterocycles. The van der Waals surface area contributed by atoms with Crippen LogP contribution in [-0.2, 0) is 9.47 Å². The molecule has 4 rings (SSSR count). The fourth-order valence-corrected chi connectivity index (χ4v) is 7.38. The van der Waals surface area contributed by atoms with Crippen molar-refractivity contribution in [1.82, 2.24) is 15.5 Å². The maximum Gasteiger partial charge on any atom is 0.407 e. The fourth-order valence-electron chi connectivity index (χ4n) is 7.18. The Morgan fingerprint density at radius 1 is 1.24 bits per heavy atom. The third-order valence-electron chi connectivity index (χ3n) is 8.67. The number of nitrogens with one attached hydrogen (secondary N) is 2. The first-order valence-electron chi connectivity index (χ1n) is 13.8. The molecule has 9 heteroatoms. The van der Waals surface area contributed by atoms with Crippen LogP contribution in [0.1, 0.15) is 69.5 Å². The van der Waals surface area contributed by atoms with Crippen LogP contribution < -0.4 is 10.6 Å². The average Bonchev–Trinajstić information content (AvgIpc) is 3.37. The minimum Gasteiger partial charge on any atom is -0.465 e. The smallest absolute Gasteiger partial charge is 0.407 e. The highest BCUT2D eigenvalue weighted by atomic mass is 35.5. The van der Waals surface area contributed by atoms with Crippen LogP contribution in [-0.4, -0.2) is 68.1 Å². The number of hydrogen-bond donors (Lipinski definition) is 3. The second-order valence-corrected chi connectivity index (χ2v) is 11.4. The number of methoxy groups -OCH3 is 1. The summed E-state index contributed by atoms with van der Waals surface area (Å²) < 4.78 is 11.2. The maximum atomic E-state index is 12.7. The first-order chi connectivity index (χ1) is 17.9. The van der Waals surface area contributed by atoms with E-state index in [0.29, 0.717) is 24.0 Å². The summed E-state index contributed by atoms with van der Waals surface area (Å²) in [5, 5.41) is 17.3. The van der Waals surface area contributed by atoms with Gasteiger partial charge in [0.15, 0.2) is 0 Å². The third kappa shape index (κ3) is 6.89. The number of carbonyl (C=O) groups is 2. The molecule has 0 spiro atoms. The average molecular weight is 536 g/mol. The van der Waals surface area contributed by atoms with E-state index in [2.05, 4.69) is 15.4 Å². The summed E-state index contributed by atoms with van der Waals surface area (Å²) in [7, 11) is 1.33. The van der Waals surface area contributed by atoms with Gasteiger partial charge in [0, 0.05) is 42.0 Å². The highest BCUT2D eigenvalue weighted by molar-refractivity contribution is 6.30. The number of nitrogens with zero attached hydrogens (tertiary/aromatic N) is 1. The number of hydrogen-bond acceptors (Lipinski definition) is 5. The lowest BCUT2D eigenvalue weighted by atomic mass is 9.63. The molecule has 1 aliphatic carbocycles. The van der Waals surface area contributed by atoms with Crippen LogP contribution in [0.25, 0.3) is 0 Å². The van der Waals surface area contributed by atoms with Gasteiger partial charge in [0.25, 0.3) is 0 Å². The predicted molar refractivity (Wildman–Crippen MR) is 143 cm³/mol. The molecule has 8 nitrogen and oxygen atoms in total. The molecule has 3 N–H and O–H groups in total. The minimum atomic E-state index is -0.846. The van der Waals surface area contributed by atoms with Crippen LogP contribution in [0.4, 0.5) is 9.59 Å². The number of carboxylic acid groups (broad SMARTS) is 1. The van der Waals surface area contributed by atoms with Gasteiger partial charge < -0.3 is 30.1 Å². The molecule has 3 fully saturated rings. The molecular weight excluding hydrogens is 494 g/mol. The van der Waals surface area contributed by atoms with Gasteiger partial charge in [-0.15, -0.1) is 0 Å². The molecule has 3 aliphatic rings. The molecule has 206 valence electrons. The summed E-state index contributed by atoms with van der Waals surface area (Å²) in [5.74, 6) is 0.617. The number of likely N-dealkylation sites (tertiary alicyclic amines) is 1. The fraction of sp³-hybridized carbons (Fsp3) is 0.714. The quantitative estimate of drug-likeness (QED) is 0.363. The Hall–Kier alpha value is -2.03. The Labute approximate surface area is 225 Å². The summed E-state index contributed by atoms with van der Waals surface area (Å²) in [6, 6.07) is 7.55. The number of ether oxygens (including phenoxy) is 2. The van der Waals surface area contributed by atoms with Crippen molar-refractivity contribution < 1.29 is 24.2 Å². The first-order valence-corrected chi connectivity index (χ1v) is 14.2. The maximum absolute atomic E-state index is 12.7. The van der Waals surface area contributed by atoms with E-state index in [-0.39, 0.29) is 30.1 Å². The SMILES string of the molecule is COC(=O)NCCO[C@@H](c1cccc(Cl)c1)C1CCCN(C(=O)O)C1[C@]1(CC2CCCCC2)CCNC1. The number of piperidine rings is 1. The molecule has 2 aliphatic heterocycles. The Balaban J connectivity index is 1.67. The van der Waals surface area contributed by atoms with Crippen LogP contribution >= 0.6 is 11.6 Å². The molecule has 2 amide bonds. The molecule has 2 unspecified atom stereocenters. The lowest BCUT2D eigenvalue weighted by Crippen LogP contribution is -2.59. The van der Waals surface area contributed by atoms with Gasteiger partial charge in [0.1, 0.15) is 0 Å². The van der Waals surface area contributed by atoms with E-state index in [9.17, 15) is 14.7 Å². The summed E-state index contributed by atoms with van der Waals surface area (Å²) >= 11 is 6.40. The van der Waals surface area contributed by atoms with E-state index in [1.807, 2.05) is 24.3 Å². The Kier molecular flexibility index (Phi) is 9.96. The molecule has 0 radical (unpaired) electrons. The Morgan fingerprint density at radius 2 is 2.05 bits per heavy atom. The van der Waals surface area contributed by atoms with Crippen LogP contribution in [0, 0.1) is 17.3 Å². The van der Waals surface area contributed by atoms with Crippen molar-refractivity contribution in [2.45, 2.75) is 69.9 Å². The van der Waals surface area contributed by atoms with Crippen LogP contribution in [0.2, 0.25) is 5.02 Å². The van der Waals surface area contributed by atoms with Gasteiger partial charge in [-0.25, -0.2) is 9.59 Å². The largest absolute Gasteiger partial charge is 0.465 e. The third-order valence-corrected chi connectivity index (χ3v) is 8.90. The predicted octanol–water partition coefficient (Wildman–Crippen LogP) is 5.46. The molecular formula is C28H42ClN3O5. The lowest BCUT2D eigenvalue weighted by Gasteiger charge is -2.52. The van der Waals surface area contributed by atoms with Gasteiger partial charge in [-0.3, -0.25) is 0 Å². The summed E-state index contributed by atoms with van der Waals surface area (Å²) in [6.45, 7) is 2.89. The van der Waals surface area contributed by atoms with Crippen LogP contribution in [0.15, 0.2) is 24.3 Å². The highest BCUT2D eigenvalue weighted by Crippen LogP contribution is 2.50. The van der Waals surface area contributed by atoms with Crippen molar-refractivity contribution in [1.29, 1.82) is 0 Å². The van der Waals surface area contributed by atoms with Gasteiger partial charge in [0.2, 0.25) is 0 Å². The number of halogens is 1. The van der Waals surface area contributed by atoms with Gasteiger partial charge >= 0.3 is 12.2 Å². The van der Waals surface area contributed by atoms with E-state index < -0.39 is 12.2 Å². The van der Waals surface area contributed by atoms with E-state index in [1.54, 1.807) is 4.90 Å². The number of rotatable bonds is 9. The number of amides is 2. The van der Waals surface area contributed by atoms with Crippen LogP contribution in [0.5, 0.6) is 0 Å². The minimum absolute atomic E-state index is 0.0232. The van der Waals surface area contributed by atoms with Gasteiger partial charge in [-0.1, -0.05) is 55.8 Å². The van der Waals surface area contributed by atoms with Crippen molar-refractivity contribution in [3.63, 3.8) is 0 Å². The van der Waals surface area contributed by atoms with Gasteiger partial charge in [-0.2, -0.15) is 0 Å². The van der Waals surface area contributed by atoms with Crippen molar-refractivity contribution in [2.24, 2.45) is 17.3 Å². The molecule has 0 bridgehead atoms. The molecule has 2 saturated heterocycles. The molecule has 0 aromatic heterocycles. The number of alkyl carbamates (subject to hydrolysis) is 1. The number of benzene rings is 1. The van der Waals surface area contributed by atoms with E-state index in [4.69, 9.17) is 16.3 Å². The van der Waals surface area contributed by atoms with Crippen molar-refractivity contribution in [2.75, 3.05) is 39.9 Å². The molecule has 1 aromatic rings. The van der Waals surface area contributed by atoms with Gasteiger partial charge in [-0.05, 0) is 55.8 Å². The van der Waals surface area contributed by atoms with Crippen LogP contribution in [0.3, 0.4) is 0 Å².